The molecular formula is C19H24N6O2. The fraction of sp³-hybridized carbons (Fsp3) is 0.368. The molecule has 27 heavy (non-hydrogen) atoms. The van der Waals surface area contributed by atoms with E-state index in [4.69, 9.17) is 0 Å². The summed E-state index contributed by atoms with van der Waals surface area (Å²) in [7, 11) is 3.93. The molecule has 2 heterocycles. The minimum Gasteiger partial charge on any atom is -0.378 e. The molecule has 1 aliphatic heterocycles. The highest BCUT2D eigenvalue weighted by Gasteiger charge is 2.20. The number of nitrogens with one attached hydrogen (secondary N) is 1. The first-order valence-corrected chi connectivity index (χ1v) is 8.85. The lowest BCUT2D eigenvalue weighted by Crippen LogP contribution is -2.48. The number of rotatable bonds is 4. The molecule has 1 fully saturated rings. The molecule has 2 aromatic rings. The van der Waals surface area contributed by atoms with E-state index in [1.54, 1.807) is 13.0 Å². The first-order chi connectivity index (χ1) is 12.9. The van der Waals surface area contributed by atoms with E-state index in [-0.39, 0.29) is 11.8 Å². The highest BCUT2D eigenvalue weighted by Crippen LogP contribution is 2.18. The van der Waals surface area contributed by atoms with Gasteiger partial charge in [-0.3, -0.25) is 9.59 Å². The van der Waals surface area contributed by atoms with Crippen LogP contribution in [0.15, 0.2) is 36.7 Å². The van der Waals surface area contributed by atoms with Gasteiger partial charge in [0.1, 0.15) is 17.8 Å². The zero-order valence-electron chi connectivity index (χ0n) is 15.8. The Morgan fingerprint density at radius 2 is 1.70 bits per heavy atom. The van der Waals surface area contributed by atoms with E-state index in [1.807, 2.05) is 48.2 Å². The molecule has 3 rings (SSSR count). The van der Waals surface area contributed by atoms with Gasteiger partial charge in [-0.25, -0.2) is 9.97 Å². The number of aromatic nitrogens is 2. The van der Waals surface area contributed by atoms with Crippen LogP contribution in [0.2, 0.25) is 0 Å². The van der Waals surface area contributed by atoms with Crippen molar-refractivity contribution in [2.24, 2.45) is 0 Å². The zero-order chi connectivity index (χ0) is 19.4. The van der Waals surface area contributed by atoms with Gasteiger partial charge in [0.05, 0.1) is 0 Å². The first kappa shape index (κ1) is 18.6. The Morgan fingerprint density at radius 1 is 1.04 bits per heavy atom. The maximum Gasteiger partial charge on any atom is 0.274 e. The predicted molar refractivity (Wildman–Crippen MR) is 105 cm³/mol. The first-order valence-electron chi connectivity index (χ1n) is 8.85. The number of benzene rings is 1. The van der Waals surface area contributed by atoms with Crippen molar-refractivity contribution < 1.29 is 9.59 Å². The van der Waals surface area contributed by atoms with Crippen molar-refractivity contribution in [3.63, 3.8) is 0 Å². The molecule has 1 saturated heterocycles. The average Bonchev–Trinajstić information content (AvgIpc) is 2.68. The number of hydrogen-bond acceptors (Lipinski definition) is 6. The second kappa shape index (κ2) is 8.03. The van der Waals surface area contributed by atoms with Crippen molar-refractivity contribution in [3.8, 4) is 0 Å². The predicted octanol–water partition coefficient (Wildman–Crippen LogP) is 1.46. The Morgan fingerprint density at radius 3 is 2.30 bits per heavy atom. The van der Waals surface area contributed by atoms with Gasteiger partial charge in [-0.2, -0.15) is 0 Å². The van der Waals surface area contributed by atoms with Gasteiger partial charge in [-0.1, -0.05) is 0 Å². The summed E-state index contributed by atoms with van der Waals surface area (Å²) in [5.74, 6) is 0.498. The SMILES string of the molecule is CC(=O)N1CCN(c2cc(C(=O)Nc3ccc(N(C)C)cc3)ncn2)CC1. The molecule has 0 bridgehead atoms. The fourth-order valence-corrected chi connectivity index (χ4v) is 2.93. The average molecular weight is 368 g/mol. The van der Waals surface area contributed by atoms with Gasteiger partial charge in [-0.15, -0.1) is 0 Å². The van der Waals surface area contributed by atoms with Crippen molar-refractivity contribution in [2.45, 2.75) is 6.92 Å². The smallest absolute Gasteiger partial charge is 0.274 e. The number of nitrogens with zero attached hydrogens (tertiary/aromatic N) is 5. The van der Waals surface area contributed by atoms with Gasteiger partial charge in [0, 0.05) is 64.6 Å². The van der Waals surface area contributed by atoms with Gasteiger partial charge in [0.25, 0.3) is 5.91 Å². The molecule has 8 nitrogen and oxygen atoms in total. The monoisotopic (exact) mass is 368 g/mol. The van der Waals surface area contributed by atoms with E-state index in [9.17, 15) is 9.59 Å². The summed E-state index contributed by atoms with van der Waals surface area (Å²) in [4.78, 5) is 38.2. The standard InChI is InChI=1S/C19H24N6O2/c1-14(26)24-8-10-25(11-9-24)18-12-17(20-13-21-18)19(27)22-15-4-6-16(7-5-15)23(2)3/h4-7,12-13H,8-11H2,1-3H3,(H,22,27). The number of piperazine rings is 1. The molecule has 0 saturated carbocycles. The topological polar surface area (TPSA) is 81.7 Å². The molecule has 0 unspecified atom stereocenters. The molecule has 1 aliphatic rings. The van der Waals surface area contributed by atoms with Crippen LogP contribution in [0.3, 0.4) is 0 Å². The summed E-state index contributed by atoms with van der Waals surface area (Å²) >= 11 is 0. The quantitative estimate of drug-likeness (QED) is 0.880. The lowest BCUT2D eigenvalue weighted by Gasteiger charge is -2.34. The Balaban J connectivity index is 1.66. The third-order valence-electron chi connectivity index (χ3n) is 4.58. The maximum atomic E-state index is 12.5. The van der Waals surface area contributed by atoms with Gasteiger partial charge in [0.2, 0.25) is 5.91 Å². The molecule has 0 radical (unpaired) electrons. The second-order valence-electron chi connectivity index (χ2n) is 6.65. The number of hydrogen-bond donors (Lipinski definition) is 1. The fourth-order valence-electron chi connectivity index (χ4n) is 2.93. The van der Waals surface area contributed by atoms with E-state index in [0.717, 1.165) is 5.69 Å². The minimum atomic E-state index is -0.279. The number of anilines is 3. The summed E-state index contributed by atoms with van der Waals surface area (Å²) in [5, 5.41) is 2.86. The van der Waals surface area contributed by atoms with Crippen molar-refractivity contribution in [3.05, 3.63) is 42.4 Å². The van der Waals surface area contributed by atoms with Crippen LogP contribution in [0.1, 0.15) is 17.4 Å². The summed E-state index contributed by atoms with van der Waals surface area (Å²) in [5.41, 5.74) is 2.08. The number of amides is 2. The summed E-state index contributed by atoms with van der Waals surface area (Å²) in [6.07, 6.45) is 1.40. The lowest BCUT2D eigenvalue weighted by atomic mass is 10.2. The Labute approximate surface area is 158 Å². The Kier molecular flexibility index (Phi) is 5.54. The highest BCUT2D eigenvalue weighted by atomic mass is 16.2. The van der Waals surface area contributed by atoms with Crippen LogP contribution in [-0.2, 0) is 4.79 Å². The molecular weight excluding hydrogens is 344 g/mol. The van der Waals surface area contributed by atoms with Crippen LogP contribution < -0.4 is 15.1 Å². The maximum absolute atomic E-state index is 12.5. The van der Waals surface area contributed by atoms with Crippen LogP contribution in [0.4, 0.5) is 17.2 Å². The molecule has 0 aliphatic carbocycles. The molecule has 142 valence electrons. The molecule has 2 amide bonds. The minimum absolute atomic E-state index is 0.0812. The summed E-state index contributed by atoms with van der Waals surface area (Å²) < 4.78 is 0. The lowest BCUT2D eigenvalue weighted by molar-refractivity contribution is -0.129. The van der Waals surface area contributed by atoms with Crippen LogP contribution >= 0.6 is 0 Å². The van der Waals surface area contributed by atoms with E-state index < -0.39 is 0 Å². The van der Waals surface area contributed by atoms with Gasteiger partial charge < -0.3 is 20.0 Å². The van der Waals surface area contributed by atoms with E-state index in [0.29, 0.717) is 43.4 Å². The van der Waals surface area contributed by atoms with E-state index in [1.165, 1.54) is 6.33 Å². The largest absolute Gasteiger partial charge is 0.378 e. The molecule has 1 N–H and O–H groups in total. The summed E-state index contributed by atoms with van der Waals surface area (Å²) in [6.45, 7) is 4.25. The van der Waals surface area contributed by atoms with Crippen molar-refractivity contribution in [2.75, 3.05) is 55.4 Å². The van der Waals surface area contributed by atoms with Crippen molar-refractivity contribution in [1.29, 1.82) is 0 Å². The molecule has 1 aromatic heterocycles. The van der Waals surface area contributed by atoms with Crippen molar-refractivity contribution in [1.82, 2.24) is 14.9 Å². The van der Waals surface area contributed by atoms with Gasteiger partial charge in [0.15, 0.2) is 0 Å². The summed E-state index contributed by atoms with van der Waals surface area (Å²) in [6, 6.07) is 9.28. The highest BCUT2D eigenvalue weighted by molar-refractivity contribution is 6.03. The Bertz CT molecular complexity index is 813. The van der Waals surface area contributed by atoms with E-state index >= 15 is 0 Å². The third-order valence-corrected chi connectivity index (χ3v) is 4.58. The van der Waals surface area contributed by atoms with Crippen LogP contribution in [0, 0.1) is 0 Å². The van der Waals surface area contributed by atoms with Crippen LogP contribution in [-0.4, -0.2) is 67.0 Å². The van der Waals surface area contributed by atoms with Gasteiger partial charge >= 0.3 is 0 Å². The van der Waals surface area contributed by atoms with Crippen molar-refractivity contribution >= 4 is 29.0 Å². The molecule has 1 aromatic carbocycles. The van der Waals surface area contributed by atoms with Crippen LogP contribution in [0.25, 0.3) is 0 Å². The van der Waals surface area contributed by atoms with Crippen LogP contribution in [0.5, 0.6) is 0 Å². The zero-order valence-corrected chi connectivity index (χ0v) is 15.8. The van der Waals surface area contributed by atoms with E-state index in [2.05, 4.69) is 20.2 Å². The second-order valence-corrected chi connectivity index (χ2v) is 6.65. The Hall–Kier alpha value is -3.16. The molecule has 0 atom stereocenters. The normalized spacial score (nSPS) is 14.0. The van der Waals surface area contributed by atoms with Gasteiger partial charge in [-0.05, 0) is 24.3 Å². The number of carbonyl (C=O) groups excluding carboxylic acids is 2. The third kappa shape index (κ3) is 4.52. The molecule has 0 spiro atoms. The number of carbonyl (C=O) groups is 2. The molecule has 8 heteroatoms.